The molecule has 0 aliphatic carbocycles. The molecule has 0 aromatic heterocycles. The van der Waals surface area contributed by atoms with E-state index >= 15 is 0 Å². The van der Waals surface area contributed by atoms with Crippen LogP contribution in [0.5, 0.6) is 0 Å². The Balaban J connectivity index is 2.45. The SMILES string of the molecule is CCC(C)C(NC(=O)CCCc1ccc(F)c(F)c1)C(=O)O. The van der Waals surface area contributed by atoms with Gasteiger partial charge < -0.3 is 10.4 Å². The van der Waals surface area contributed by atoms with Crippen molar-refractivity contribution in [1.82, 2.24) is 5.32 Å². The molecule has 0 saturated heterocycles. The van der Waals surface area contributed by atoms with E-state index in [0.29, 0.717) is 24.8 Å². The number of benzene rings is 1. The first-order valence-corrected chi connectivity index (χ1v) is 7.31. The fraction of sp³-hybridized carbons (Fsp3) is 0.500. The molecule has 0 aliphatic heterocycles. The van der Waals surface area contributed by atoms with E-state index in [1.54, 1.807) is 6.92 Å². The molecule has 2 unspecified atom stereocenters. The zero-order valence-electron chi connectivity index (χ0n) is 12.7. The van der Waals surface area contributed by atoms with Gasteiger partial charge in [-0.1, -0.05) is 26.3 Å². The van der Waals surface area contributed by atoms with Crippen LogP contribution in [0.15, 0.2) is 18.2 Å². The molecule has 0 fully saturated rings. The molecule has 1 amide bonds. The average Bonchev–Trinajstić information content (AvgIpc) is 2.47. The van der Waals surface area contributed by atoms with Crippen molar-refractivity contribution in [3.05, 3.63) is 35.4 Å². The van der Waals surface area contributed by atoms with Crippen LogP contribution in [-0.4, -0.2) is 23.0 Å². The summed E-state index contributed by atoms with van der Waals surface area (Å²) in [5.74, 6) is -3.38. The van der Waals surface area contributed by atoms with Crippen molar-refractivity contribution in [2.75, 3.05) is 0 Å². The van der Waals surface area contributed by atoms with Gasteiger partial charge in [0.2, 0.25) is 5.91 Å². The van der Waals surface area contributed by atoms with Crippen molar-refractivity contribution in [2.24, 2.45) is 5.92 Å². The van der Waals surface area contributed by atoms with Gasteiger partial charge in [0.25, 0.3) is 0 Å². The molecule has 2 N–H and O–H groups in total. The third kappa shape index (κ3) is 5.42. The van der Waals surface area contributed by atoms with E-state index in [9.17, 15) is 18.4 Å². The molecular formula is C16H21F2NO3. The number of hydrogen-bond donors (Lipinski definition) is 2. The Morgan fingerprint density at radius 1 is 1.27 bits per heavy atom. The van der Waals surface area contributed by atoms with Gasteiger partial charge >= 0.3 is 5.97 Å². The summed E-state index contributed by atoms with van der Waals surface area (Å²) in [5, 5.41) is 11.6. The maximum absolute atomic E-state index is 13.0. The van der Waals surface area contributed by atoms with Crippen molar-refractivity contribution in [3.8, 4) is 0 Å². The molecule has 4 nitrogen and oxygen atoms in total. The molecule has 0 spiro atoms. The number of aliphatic carboxylic acids is 1. The molecule has 1 rings (SSSR count). The second-order valence-corrected chi connectivity index (χ2v) is 5.37. The van der Waals surface area contributed by atoms with Crippen molar-refractivity contribution < 1.29 is 23.5 Å². The Morgan fingerprint density at radius 3 is 2.50 bits per heavy atom. The van der Waals surface area contributed by atoms with Gasteiger partial charge in [0.15, 0.2) is 11.6 Å². The normalized spacial score (nSPS) is 13.5. The average molecular weight is 313 g/mol. The minimum absolute atomic E-state index is 0.138. The van der Waals surface area contributed by atoms with Crippen LogP contribution in [0.1, 0.15) is 38.7 Å². The lowest BCUT2D eigenvalue weighted by Gasteiger charge is -2.20. The molecule has 0 aliphatic rings. The van der Waals surface area contributed by atoms with Crippen LogP contribution >= 0.6 is 0 Å². The van der Waals surface area contributed by atoms with E-state index in [2.05, 4.69) is 5.32 Å². The van der Waals surface area contributed by atoms with Gasteiger partial charge in [0, 0.05) is 6.42 Å². The molecular weight excluding hydrogens is 292 g/mol. The van der Waals surface area contributed by atoms with Crippen molar-refractivity contribution in [3.63, 3.8) is 0 Å². The van der Waals surface area contributed by atoms with E-state index in [4.69, 9.17) is 5.11 Å². The monoisotopic (exact) mass is 313 g/mol. The molecule has 1 aromatic carbocycles. The topological polar surface area (TPSA) is 66.4 Å². The van der Waals surface area contributed by atoms with Gasteiger partial charge in [0.1, 0.15) is 6.04 Å². The van der Waals surface area contributed by atoms with Gasteiger partial charge in [-0.2, -0.15) is 0 Å². The summed E-state index contributed by atoms with van der Waals surface area (Å²) in [6.45, 7) is 3.62. The van der Waals surface area contributed by atoms with E-state index in [1.165, 1.54) is 6.07 Å². The number of hydrogen-bond acceptors (Lipinski definition) is 2. The smallest absolute Gasteiger partial charge is 0.326 e. The molecule has 122 valence electrons. The van der Waals surface area contributed by atoms with Crippen molar-refractivity contribution in [2.45, 2.75) is 45.6 Å². The maximum Gasteiger partial charge on any atom is 0.326 e. The van der Waals surface area contributed by atoms with Crippen LogP contribution in [0.3, 0.4) is 0 Å². The number of amides is 1. The Morgan fingerprint density at radius 2 is 1.95 bits per heavy atom. The lowest BCUT2D eigenvalue weighted by atomic mass is 9.99. The first kappa shape index (κ1) is 18.1. The molecule has 2 atom stereocenters. The van der Waals surface area contributed by atoms with Crippen LogP contribution < -0.4 is 5.32 Å². The summed E-state index contributed by atoms with van der Waals surface area (Å²) < 4.78 is 25.8. The largest absolute Gasteiger partial charge is 0.480 e. The number of aryl methyl sites for hydroxylation is 1. The molecule has 22 heavy (non-hydrogen) atoms. The minimum atomic E-state index is -1.05. The third-order valence-electron chi connectivity index (χ3n) is 3.65. The summed E-state index contributed by atoms with van der Waals surface area (Å²) in [4.78, 5) is 22.9. The van der Waals surface area contributed by atoms with Crippen molar-refractivity contribution >= 4 is 11.9 Å². The summed E-state index contributed by atoms with van der Waals surface area (Å²) >= 11 is 0. The number of nitrogens with one attached hydrogen (secondary N) is 1. The third-order valence-corrected chi connectivity index (χ3v) is 3.65. The Kier molecular flexibility index (Phi) is 6.95. The minimum Gasteiger partial charge on any atom is -0.480 e. The van der Waals surface area contributed by atoms with Gasteiger partial charge in [-0.3, -0.25) is 4.79 Å². The van der Waals surface area contributed by atoms with Crippen LogP contribution in [0.25, 0.3) is 0 Å². The van der Waals surface area contributed by atoms with Crippen molar-refractivity contribution in [1.29, 1.82) is 0 Å². The Bertz CT molecular complexity index is 534. The number of carboxylic acids is 1. The fourth-order valence-electron chi connectivity index (χ4n) is 2.08. The lowest BCUT2D eigenvalue weighted by Crippen LogP contribution is -2.44. The summed E-state index contributed by atoms with van der Waals surface area (Å²) in [5.41, 5.74) is 0.600. The fourth-order valence-corrected chi connectivity index (χ4v) is 2.08. The second kappa shape index (κ2) is 8.46. The van der Waals surface area contributed by atoms with E-state index in [-0.39, 0.29) is 18.2 Å². The number of carbonyl (C=O) groups excluding carboxylic acids is 1. The predicted molar refractivity (Wildman–Crippen MR) is 78.3 cm³/mol. The number of carbonyl (C=O) groups is 2. The molecule has 1 aromatic rings. The summed E-state index contributed by atoms with van der Waals surface area (Å²) in [6, 6.07) is 2.72. The highest BCUT2D eigenvalue weighted by Crippen LogP contribution is 2.12. The first-order valence-electron chi connectivity index (χ1n) is 7.31. The molecule has 0 heterocycles. The van der Waals surface area contributed by atoms with E-state index < -0.39 is 23.6 Å². The van der Waals surface area contributed by atoms with E-state index in [0.717, 1.165) is 12.1 Å². The number of carboxylic acid groups (broad SMARTS) is 1. The number of rotatable bonds is 8. The molecule has 0 bridgehead atoms. The lowest BCUT2D eigenvalue weighted by molar-refractivity contribution is -0.143. The Labute approximate surface area is 128 Å². The standard InChI is InChI=1S/C16H21F2NO3/c1-3-10(2)15(16(21)22)19-14(20)6-4-5-11-7-8-12(17)13(18)9-11/h7-10,15H,3-6H2,1-2H3,(H,19,20)(H,21,22). The molecule has 0 saturated carbocycles. The summed E-state index contributed by atoms with van der Waals surface area (Å²) in [7, 11) is 0. The van der Waals surface area contributed by atoms with Gasteiger partial charge in [-0.05, 0) is 36.5 Å². The van der Waals surface area contributed by atoms with Crippen LogP contribution in [-0.2, 0) is 16.0 Å². The zero-order chi connectivity index (χ0) is 16.7. The molecule has 6 heteroatoms. The quantitative estimate of drug-likeness (QED) is 0.775. The highest BCUT2D eigenvalue weighted by molar-refractivity contribution is 5.83. The highest BCUT2D eigenvalue weighted by Gasteiger charge is 2.24. The summed E-state index contributed by atoms with van der Waals surface area (Å²) in [6.07, 6.45) is 1.64. The first-order chi connectivity index (χ1) is 10.3. The van der Waals surface area contributed by atoms with Gasteiger partial charge in [0.05, 0.1) is 0 Å². The van der Waals surface area contributed by atoms with Gasteiger partial charge in [-0.25, -0.2) is 13.6 Å². The number of halogens is 2. The van der Waals surface area contributed by atoms with Crippen LogP contribution in [0.4, 0.5) is 8.78 Å². The molecule has 0 radical (unpaired) electrons. The maximum atomic E-state index is 13.0. The highest BCUT2D eigenvalue weighted by atomic mass is 19.2. The van der Waals surface area contributed by atoms with Gasteiger partial charge in [-0.15, -0.1) is 0 Å². The van der Waals surface area contributed by atoms with E-state index in [1.807, 2.05) is 6.92 Å². The zero-order valence-corrected chi connectivity index (χ0v) is 12.7. The van der Waals surface area contributed by atoms with Crippen LogP contribution in [0, 0.1) is 17.6 Å². The predicted octanol–water partition coefficient (Wildman–Crippen LogP) is 2.90. The Hall–Kier alpha value is -1.98. The van der Waals surface area contributed by atoms with Crippen LogP contribution in [0.2, 0.25) is 0 Å². The second-order valence-electron chi connectivity index (χ2n) is 5.37.